The summed E-state index contributed by atoms with van der Waals surface area (Å²) in [5.74, 6) is -0.676. The van der Waals surface area contributed by atoms with Gasteiger partial charge in [-0.3, -0.25) is 9.59 Å². The molecule has 1 aromatic carbocycles. The third-order valence-corrected chi connectivity index (χ3v) is 6.03. The summed E-state index contributed by atoms with van der Waals surface area (Å²) in [7, 11) is 1.42. The molecule has 0 saturated carbocycles. The number of carbonyl (C=O) groups excluding carboxylic acids is 2. The van der Waals surface area contributed by atoms with E-state index in [2.05, 4.69) is 0 Å². The van der Waals surface area contributed by atoms with E-state index in [9.17, 15) is 14.7 Å². The molecule has 31 heavy (non-hydrogen) atoms. The lowest BCUT2D eigenvalue weighted by Gasteiger charge is -2.25. The first-order valence-corrected chi connectivity index (χ1v) is 10.6. The zero-order valence-electron chi connectivity index (χ0n) is 17.0. The molecule has 1 aromatic heterocycles. The number of likely N-dealkylation sites (tertiary alicyclic amines) is 1. The summed E-state index contributed by atoms with van der Waals surface area (Å²) >= 11 is 12.4. The molecule has 164 valence electrons. The zero-order chi connectivity index (χ0) is 22.3. The van der Waals surface area contributed by atoms with E-state index >= 15 is 0 Å². The lowest BCUT2D eigenvalue weighted by molar-refractivity contribution is -0.141. The highest BCUT2D eigenvalue weighted by Crippen LogP contribution is 2.42. The van der Waals surface area contributed by atoms with Gasteiger partial charge in [-0.15, -0.1) is 0 Å². The number of aliphatic hydroxyl groups is 1. The van der Waals surface area contributed by atoms with E-state index < -0.39 is 23.5 Å². The number of carbonyl (C=O) groups is 2. The molecule has 2 aromatic rings. The van der Waals surface area contributed by atoms with Gasteiger partial charge in [0.2, 0.25) is 0 Å². The Labute approximate surface area is 189 Å². The van der Waals surface area contributed by atoms with Crippen LogP contribution in [0.1, 0.15) is 36.0 Å². The maximum atomic E-state index is 13.0. The standard InChI is InChI=1S/C22H21Cl2NO6/c1-11-5-6-16(31-11)18-17(19(26)12-8-14(23)21(29-2)15(24)9-12)20(27)22(28)25(18)10-13-4-3-7-30-13/h5-6,8-9,13,18,26H,3-4,7,10H2,1-2H3/b19-17-. The van der Waals surface area contributed by atoms with Gasteiger partial charge in [0.1, 0.15) is 23.3 Å². The molecule has 0 aliphatic carbocycles. The van der Waals surface area contributed by atoms with Crippen molar-refractivity contribution in [3.63, 3.8) is 0 Å². The van der Waals surface area contributed by atoms with Gasteiger partial charge in [-0.05, 0) is 44.0 Å². The maximum Gasteiger partial charge on any atom is 0.295 e. The van der Waals surface area contributed by atoms with Crippen molar-refractivity contribution < 1.29 is 28.6 Å². The molecule has 0 radical (unpaired) electrons. The first-order valence-electron chi connectivity index (χ1n) is 9.81. The second-order valence-corrected chi connectivity index (χ2v) is 8.32. The molecule has 1 N–H and O–H groups in total. The van der Waals surface area contributed by atoms with Crippen molar-refractivity contribution in [1.29, 1.82) is 0 Å². The number of rotatable bonds is 5. The van der Waals surface area contributed by atoms with Crippen molar-refractivity contribution >= 4 is 40.7 Å². The Kier molecular flexibility index (Phi) is 6.01. The number of Topliss-reactive ketones (excluding diaryl/α,β-unsaturated/α-hetero) is 1. The van der Waals surface area contributed by atoms with E-state index in [-0.39, 0.29) is 39.6 Å². The summed E-state index contributed by atoms with van der Waals surface area (Å²) in [6, 6.07) is 5.40. The number of furan rings is 1. The first-order chi connectivity index (χ1) is 14.8. The lowest BCUT2D eigenvalue weighted by Crippen LogP contribution is -2.36. The highest BCUT2D eigenvalue weighted by atomic mass is 35.5. The van der Waals surface area contributed by atoms with Crippen LogP contribution in [0.5, 0.6) is 5.75 Å². The molecule has 2 unspecified atom stereocenters. The summed E-state index contributed by atoms with van der Waals surface area (Å²) in [5, 5.41) is 11.4. The van der Waals surface area contributed by atoms with Crippen molar-refractivity contribution in [2.75, 3.05) is 20.3 Å². The van der Waals surface area contributed by atoms with Crippen LogP contribution >= 0.6 is 23.2 Å². The number of halogens is 2. The second-order valence-electron chi connectivity index (χ2n) is 7.51. The van der Waals surface area contributed by atoms with Gasteiger partial charge in [0.15, 0.2) is 5.75 Å². The van der Waals surface area contributed by atoms with Gasteiger partial charge in [0.25, 0.3) is 11.7 Å². The van der Waals surface area contributed by atoms with Gasteiger partial charge in [-0.25, -0.2) is 0 Å². The van der Waals surface area contributed by atoms with Gasteiger partial charge in [0, 0.05) is 18.7 Å². The lowest BCUT2D eigenvalue weighted by atomic mass is 9.99. The first kappa shape index (κ1) is 21.7. The van der Waals surface area contributed by atoms with E-state index in [1.165, 1.54) is 24.1 Å². The summed E-state index contributed by atoms with van der Waals surface area (Å²) in [5.41, 5.74) is 0.105. The molecule has 1 amide bonds. The summed E-state index contributed by atoms with van der Waals surface area (Å²) < 4.78 is 16.6. The van der Waals surface area contributed by atoms with Gasteiger partial charge < -0.3 is 23.9 Å². The average molecular weight is 466 g/mol. The fourth-order valence-corrected chi connectivity index (χ4v) is 4.66. The number of nitrogens with zero attached hydrogens (tertiary/aromatic N) is 1. The van der Waals surface area contributed by atoms with Crippen LogP contribution in [0.15, 0.2) is 34.3 Å². The molecule has 0 spiro atoms. The molecule has 4 rings (SSSR count). The summed E-state index contributed by atoms with van der Waals surface area (Å²) in [6.07, 6.45) is 1.50. The molecule has 7 nitrogen and oxygen atoms in total. The molecule has 0 bridgehead atoms. The van der Waals surface area contributed by atoms with E-state index in [0.717, 1.165) is 12.8 Å². The molecule has 2 aliphatic rings. The van der Waals surface area contributed by atoms with Crippen LogP contribution in [0.3, 0.4) is 0 Å². The highest BCUT2D eigenvalue weighted by Gasteiger charge is 2.48. The van der Waals surface area contributed by atoms with E-state index in [1.807, 2.05) is 0 Å². The smallest absolute Gasteiger partial charge is 0.295 e. The molecule has 3 heterocycles. The Bertz CT molecular complexity index is 1050. The predicted molar refractivity (Wildman–Crippen MR) is 114 cm³/mol. The van der Waals surface area contributed by atoms with Crippen LogP contribution in [0.4, 0.5) is 0 Å². The second kappa shape index (κ2) is 8.57. The minimum Gasteiger partial charge on any atom is -0.507 e. The molecule has 9 heteroatoms. The zero-order valence-corrected chi connectivity index (χ0v) is 18.5. The summed E-state index contributed by atoms with van der Waals surface area (Å²) in [4.78, 5) is 27.3. The van der Waals surface area contributed by atoms with E-state index in [1.54, 1.807) is 19.1 Å². The van der Waals surface area contributed by atoms with Crippen molar-refractivity contribution in [3.8, 4) is 5.75 Å². The number of benzene rings is 1. The van der Waals surface area contributed by atoms with Crippen molar-refractivity contribution in [3.05, 3.63) is 57.0 Å². The van der Waals surface area contributed by atoms with Crippen LogP contribution in [0.2, 0.25) is 10.0 Å². The van der Waals surface area contributed by atoms with Crippen molar-refractivity contribution in [2.45, 2.75) is 31.9 Å². The maximum absolute atomic E-state index is 13.0. The third kappa shape index (κ3) is 3.93. The molecule has 2 atom stereocenters. The van der Waals surface area contributed by atoms with E-state index in [4.69, 9.17) is 37.1 Å². The van der Waals surface area contributed by atoms with Crippen LogP contribution in [0, 0.1) is 6.92 Å². The minimum atomic E-state index is -0.891. The average Bonchev–Trinajstić information content (AvgIpc) is 3.44. The number of methoxy groups -OCH3 is 1. The fourth-order valence-electron chi connectivity index (χ4n) is 4.02. The minimum absolute atomic E-state index is 0.0883. The molecule has 2 aliphatic heterocycles. The number of hydrogen-bond donors (Lipinski definition) is 1. The Morgan fingerprint density at radius 3 is 2.52 bits per heavy atom. The van der Waals surface area contributed by atoms with Crippen molar-refractivity contribution in [1.82, 2.24) is 4.90 Å². The Morgan fingerprint density at radius 1 is 1.26 bits per heavy atom. The number of ketones is 1. The molecule has 2 saturated heterocycles. The highest BCUT2D eigenvalue weighted by molar-refractivity contribution is 6.46. The number of aryl methyl sites for hydroxylation is 1. The topological polar surface area (TPSA) is 89.2 Å². The quantitative estimate of drug-likeness (QED) is 0.397. The van der Waals surface area contributed by atoms with Gasteiger partial charge in [-0.2, -0.15) is 0 Å². The normalized spacial score (nSPS) is 23.0. The Balaban J connectivity index is 1.83. The van der Waals surface area contributed by atoms with Crippen LogP contribution in [0.25, 0.3) is 5.76 Å². The number of hydrogen-bond acceptors (Lipinski definition) is 6. The molecular weight excluding hydrogens is 445 g/mol. The predicted octanol–water partition coefficient (Wildman–Crippen LogP) is 4.50. The van der Waals surface area contributed by atoms with Gasteiger partial charge in [0.05, 0.1) is 28.8 Å². The summed E-state index contributed by atoms with van der Waals surface area (Å²) in [6.45, 7) is 2.59. The van der Waals surface area contributed by atoms with Crippen LogP contribution < -0.4 is 4.74 Å². The number of ether oxygens (including phenoxy) is 2. The molecule has 2 fully saturated rings. The third-order valence-electron chi connectivity index (χ3n) is 5.47. The number of aliphatic hydroxyl groups excluding tert-OH is 1. The molecular formula is C22H21Cl2NO6. The van der Waals surface area contributed by atoms with Gasteiger partial charge in [-0.1, -0.05) is 23.2 Å². The Morgan fingerprint density at radius 2 is 1.97 bits per heavy atom. The Hall–Kier alpha value is -2.48. The van der Waals surface area contributed by atoms with Crippen molar-refractivity contribution in [2.24, 2.45) is 0 Å². The SMILES string of the molecule is COc1c(Cl)cc(/C(O)=C2/C(=O)C(=O)N(CC3CCCO3)C2c2ccc(C)o2)cc1Cl. The van der Waals surface area contributed by atoms with Crippen LogP contribution in [-0.2, 0) is 14.3 Å². The fraction of sp³-hybridized carbons (Fsp3) is 0.364. The van der Waals surface area contributed by atoms with E-state index in [0.29, 0.717) is 18.1 Å². The monoisotopic (exact) mass is 465 g/mol. The number of amides is 1. The largest absolute Gasteiger partial charge is 0.507 e. The van der Waals surface area contributed by atoms with Gasteiger partial charge >= 0.3 is 0 Å². The van der Waals surface area contributed by atoms with Crippen LogP contribution in [-0.4, -0.2) is 48.1 Å².